The summed E-state index contributed by atoms with van der Waals surface area (Å²) in [6.45, 7) is 5.12. The van der Waals surface area contributed by atoms with E-state index in [1.54, 1.807) is 25.3 Å². The van der Waals surface area contributed by atoms with Gasteiger partial charge in [0.05, 0.1) is 19.2 Å². The largest absolute Gasteiger partial charge is 0.497 e. The van der Waals surface area contributed by atoms with Crippen molar-refractivity contribution in [1.29, 1.82) is 0 Å². The molecule has 1 amide bonds. The molecule has 0 atom stereocenters. The molecule has 0 saturated carbocycles. The van der Waals surface area contributed by atoms with Gasteiger partial charge in [-0.3, -0.25) is 4.79 Å². The summed E-state index contributed by atoms with van der Waals surface area (Å²) in [4.78, 5) is 12.1. The van der Waals surface area contributed by atoms with Crippen LogP contribution in [0, 0.1) is 0 Å². The first-order valence-electron chi connectivity index (χ1n) is 6.47. The molecule has 1 N–H and O–H groups in total. The second-order valence-corrected chi connectivity index (χ2v) is 4.75. The van der Waals surface area contributed by atoms with Gasteiger partial charge >= 0.3 is 0 Å². The average Bonchev–Trinajstić information content (AvgIpc) is 2.45. The van der Waals surface area contributed by atoms with Crippen LogP contribution in [0.5, 0.6) is 5.75 Å². The number of rotatable bonds is 8. The fourth-order valence-electron chi connectivity index (χ4n) is 1.61. The van der Waals surface area contributed by atoms with E-state index < -0.39 is 6.29 Å². The number of carbonyl (C=O) groups is 1. The first kappa shape index (κ1) is 16.9. The summed E-state index contributed by atoms with van der Waals surface area (Å²) in [7, 11) is 1.56. The van der Waals surface area contributed by atoms with Gasteiger partial charge < -0.3 is 19.5 Å². The standard InChI is InChI=1S/C14H20BrNO4/c1-4-19-13(20-5-2)9-16-14(17)11-8-10(18-3)6-7-12(11)15/h6-8,13H,4-5,9H2,1-3H3,(H,16,17). The maximum atomic E-state index is 12.1. The molecule has 0 aromatic heterocycles. The van der Waals surface area contributed by atoms with E-state index in [2.05, 4.69) is 21.2 Å². The van der Waals surface area contributed by atoms with Crippen LogP contribution in [-0.2, 0) is 9.47 Å². The number of methoxy groups -OCH3 is 1. The van der Waals surface area contributed by atoms with Crippen molar-refractivity contribution < 1.29 is 19.0 Å². The first-order valence-corrected chi connectivity index (χ1v) is 7.26. The van der Waals surface area contributed by atoms with Crippen LogP contribution in [0.4, 0.5) is 0 Å². The Morgan fingerprint density at radius 1 is 1.30 bits per heavy atom. The second kappa shape index (κ2) is 8.94. The van der Waals surface area contributed by atoms with Gasteiger partial charge in [0.15, 0.2) is 6.29 Å². The van der Waals surface area contributed by atoms with Crippen molar-refractivity contribution in [2.45, 2.75) is 20.1 Å². The van der Waals surface area contributed by atoms with Gasteiger partial charge in [0.2, 0.25) is 0 Å². The molecule has 5 nitrogen and oxygen atoms in total. The highest BCUT2D eigenvalue weighted by Gasteiger charge is 2.14. The summed E-state index contributed by atoms with van der Waals surface area (Å²) in [6, 6.07) is 5.23. The van der Waals surface area contributed by atoms with Gasteiger partial charge in [0.25, 0.3) is 5.91 Å². The number of hydrogen-bond donors (Lipinski definition) is 1. The summed E-state index contributed by atoms with van der Waals surface area (Å²) in [5, 5.41) is 2.79. The molecular weight excluding hydrogens is 326 g/mol. The van der Waals surface area contributed by atoms with Crippen LogP contribution in [0.2, 0.25) is 0 Å². The van der Waals surface area contributed by atoms with E-state index in [1.165, 1.54) is 0 Å². The van der Waals surface area contributed by atoms with Crippen LogP contribution in [-0.4, -0.2) is 39.1 Å². The van der Waals surface area contributed by atoms with Crippen molar-refractivity contribution in [3.8, 4) is 5.75 Å². The Morgan fingerprint density at radius 2 is 1.95 bits per heavy atom. The third kappa shape index (κ3) is 5.11. The summed E-state index contributed by atoms with van der Waals surface area (Å²) < 4.78 is 16.6. The molecule has 1 rings (SSSR count). The van der Waals surface area contributed by atoms with Crippen molar-refractivity contribution in [2.24, 2.45) is 0 Å². The molecule has 0 fully saturated rings. The highest BCUT2D eigenvalue weighted by atomic mass is 79.9. The Kier molecular flexibility index (Phi) is 7.58. The van der Waals surface area contributed by atoms with E-state index in [-0.39, 0.29) is 5.91 Å². The molecule has 1 aromatic carbocycles. The highest BCUT2D eigenvalue weighted by Crippen LogP contribution is 2.22. The fourth-order valence-corrected chi connectivity index (χ4v) is 2.04. The van der Waals surface area contributed by atoms with E-state index in [0.29, 0.717) is 35.5 Å². The zero-order chi connectivity index (χ0) is 15.0. The zero-order valence-electron chi connectivity index (χ0n) is 11.9. The quantitative estimate of drug-likeness (QED) is 0.735. The van der Waals surface area contributed by atoms with Crippen molar-refractivity contribution in [2.75, 3.05) is 26.9 Å². The molecule has 0 heterocycles. The van der Waals surface area contributed by atoms with Gasteiger partial charge in [-0.25, -0.2) is 0 Å². The van der Waals surface area contributed by atoms with Gasteiger partial charge in [-0.1, -0.05) is 0 Å². The number of ether oxygens (including phenoxy) is 3. The van der Waals surface area contributed by atoms with Gasteiger partial charge in [0, 0.05) is 17.7 Å². The number of benzene rings is 1. The molecule has 0 aliphatic carbocycles. The first-order chi connectivity index (χ1) is 9.62. The lowest BCUT2D eigenvalue weighted by Crippen LogP contribution is -2.35. The van der Waals surface area contributed by atoms with Gasteiger partial charge in [-0.05, 0) is 48.0 Å². The highest BCUT2D eigenvalue weighted by molar-refractivity contribution is 9.10. The number of amides is 1. The minimum atomic E-state index is -0.432. The summed E-state index contributed by atoms with van der Waals surface area (Å²) in [6.07, 6.45) is -0.432. The minimum Gasteiger partial charge on any atom is -0.497 e. The number of halogens is 1. The molecule has 20 heavy (non-hydrogen) atoms. The van der Waals surface area contributed by atoms with E-state index in [4.69, 9.17) is 14.2 Å². The minimum absolute atomic E-state index is 0.208. The van der Waals surface area contributed by atoms with E-state index in [0.717, 1.165) is 0 Å². The van der Waals surface area contributed by atoms with Crippen LogP contribution in [0.3, 0.4) is 0 Å². The maximum absolute atomic E-state index is 12.1. The molecule has 1 aromatic rings. The van der Waals surface area contributed by atoms with E-state index in [1.807, 2.05) is 13.8 Å². The fraction of sp³-hybridized carbons (Fsp3) is 0.500. The molecule has 0 aliphatic rings. The van der Waals surface area contributed by atoms with Crippen LogP contribution in [0.1, 0.15) is 24.2 Å². The smallest absolute Gasteiger partial charge is 0.252 e. The van der Waals surface area contributed by atoms with E-state index in [9.17, 15) is 4.79 Å². The number of carbonyl (C=O) groups excluding carboxylic acids is 1. The molecule has 0 aliphatic heterocycles. The van der Waals surface area contributed by atoms with Crippen molar-refractivity contribution in [3.05, 3.63) is 28.2 Å². The molecule has 0 saturated heterocycles. The monoisotopic (exact) mass is 345 g/mol. The lowest BCUT2D eigenvalue weighted by molar-refractivity contribution is -0.131. The third-order valence-corrected chi connectivity index (χ3v) is 3.24. The maximum Gasteiger partial charge on any atom is 0.252 e. The van der Waals surface area contributed by atoms with Crippen LogP contribution in [0.15, 0.2) is 22.7 Å². The molecule has 0 unspecified atom stereocenters. The number of hydrogen-bond acceptors (Lipinski definition) is 4. The summed E-state index contributed by atoms with van der Waals surface area (Å²) in [5.41, 5.74) is 0.510. The molecule has 0 radical (unpaired) electrons. The molecule has 6 heteroatoms. The summed E-state index contributed by atoms with van der Waals surface area (Å²) >= 11 is 3.35. The predicted molar refractivity (Wildman–Crippen MR) is 80.1 cm³/mol. The number of nitrogens with one attached hydrogen (secondary N) is 1. The second-order valence-electron chi connectivity index (χ2n) is 3.90. The van der Waals surface area contributed by atoms with Crippen LogP contribution in [0.25, 0.3) is 0 Å². The molecule has 112 valence electrons. The third-order valence-electron chi connectivity index (χ3n) is 2.55. The van der Waals surface area contributed by atoms with Crippen molar-refractivity contribution in [1.82, 2.24) is 5.32 Å². The summed E-state index contributed by atoms with van der Waals surface area (Å²) in [5.74, 6) is 0.421. The van der Waals surface area contributed by atoms with E-state index >= 15 is 0 Å². The lowest BCUT2D eigenvalue weighted by atomic mass is 10.2. The Balaban J connectivity index is 2.65. The van der Waals surface area contributed by atoms with Crippen LogP contribution >= 0.6 is 15.9 Å². The Bertz CT molecular complexity index is 433. The predicted octanol–water partition coefficient (Wildman–Crippen LogP) is 2.59. The topological polar surface area (TPSA) is 56.8 Å². The Hall–Kier alpha value is -1.11. The normalized spacial score (nSPS) is 10.7. The zero-order valence-corrected chi connectivity index (χ0v) is 13.5. The van der Waals surface area contributed by atoms with Gasteiger partial charge in [0.1, 0.15) is 5.75 Å². The average molecular weight is 346 g/mol. The van der Waals surface area contributed by atoms with Crippen LogP contribution < -0.4 is 10.1 Å². The molecule has 0 bridgehead atoms. The Labute approximate surface area is 127 Å². The molecular formula is C14H20BrNO4. The lowest BCUT2D eigenvalue weighted by Gasteiger charge is -2.17. The Morgan fingerprint density at radius 3 is 2.50 bits per heavy atom. The van der Waals surface area contributed by atoms with Crippen molar-refractivity contribution in [3.63, 3.8) is 0 Å². The van der Waals surface area contributed by atoms with Gasteiger partial charge in [-0.15, -0.1) is 0 Å². The SMILES string of the molecule is CCOC(CNC(=O)c1cc(OC)ccc1Br)OCC. The van der Waals surface area contributed by atoms with Crippen molar-refractivity contribution >= 4 is 21.8 Å². The van der Waals surface area contributed by atoms with Gasteiger partial charge in [-0.2, -0.15) is 0 Å². The molecule has 0 spiro atoms.